The van der Waals surface area contributed by atoms with E-state index in [0.717, 1.165) is 16.7 Å². The lowest BCUT2D eigenvalue weighted by molar-refractivity contribution is 0.112. The summed E-state index contributed by atoms with van der Waals surface area (Å²) in [6.45, 7) is 2.17. The zero-order valence-electron chi connectivity index (χ0n) is 9.67. The molecular weight excluding hydrogens is 228 g/mol. The van der Waals surface area contributed by atoms with Crippen molar-refractivity contribution in [3.63, 3.8) is 0 Å². The number of carbonyl (C=O) groups excluding carboxylic acids is 1. The summed E-state index contributed by atoms with van der Waals surface area (Å²) < 4.78 is 0. The van der Waals surface area contributed by atoms with Gasteiger partial charge in [-0.3, -0.25) is 4.79 Å². The van der Waals surface area contributed by atoms with Gasteiger partial charge in [0.1, 0.15) is 6.29 Å². The Morgan fingerprint density at radius 3 is 2.53 bits per heavy atom. The van der Waals surface area contributed by atoms with Gasteiger partial charge in [0.05, 0.1) is 0 Å². The first-order valence-corrected chi connectivity index (χ1v) is 6.44. The molecule has 0 aliphatic carbocycles. The average Bonchev–Trinajstić information content (AvgIpc) is 2.40. The minimum absolute atomic E-state index is 0.387. The van der Waals surface area contributed by atoms with Crippen LogP contribution in [0.25, 0.3) is 0 Å². The summed E-state index contributed by atoms with van der Waals surface area (Å²) in [6.07, 6.45) is 0.886. The van der Waals surface area contributed by atoms with Crippen molar-refractivity contribution in [2.24, 2.45) is 0 Å². The van der Waals surface area contributed by atoms with E-state index in [1.54, 1.807) is 11.8 Å². The monoisotopic (exact) mass is 242 g/mol. The van der Waals surface area contributed by atoms with Gasteiger partial charge in [0.15, 0.2) is 0 Å². The van der Waals surface area contributed by atoms with Gasteiger partial charge >= 0.3 is 0 Å². The molecule has 0 aliphatic heterocycles. The highest BCUT2D eigenvalue weighted by Crippen LogP contribution is 2.34. The van der Waals surface area contributed by atoms with Crippen LogP contribution in [0.3, 0.4) is 0 Å². The zero-order valence-corrected chi connectivity index (χ0v) is 10.5. The quantitative estimate of drug-likeness (QED) is 0.585. The maximum Gasteiger partial charge on any atom is 0.150 e. The van der Waals surface area contributed by atoms with Crippen molar-refractivity contribution in [1.82, 2.24) is 0 Å². The lowest BCUT2D eigenvalue weighted by atomic mass is 10.2. The lowest BCUT2D eigenvalue weighted by Gasteiger charge is -2.11. The fourth-order valence-corrected chi connectivity index (χ4v) is 2.72. The third-order valence-electron chi connectivity index (χ3n) is 2.58. The number of thioether (sulfide) groups is 1. The highest BCUT2D eigenvalue weighted by Gasteiger charge is 2.06. The Hall–Kier alpha value is -1.54. The Morgan fingerprint density at radius 1 is 1.06 bits per heavy atom. The first-order chi connectivity index (χ1) is 8.29. The molecule has 1 atom stereocenters. The van der Waals surface area contributed by atoms with E-state index in [-0.39, 0.29) is 0 Å². The van der Waals surface area contributed by atoms with Gasteiger partial charge in [0.2, 0.25) is 0 Å². The summed E-state index contributed by atoms with van der Waals surface area (Å²) >= 11 is 1.77. The van der Waals surface area contributed by atoms with Gasteiger partial charge in [-0.2, -0.15) is 0 Å². The fraction of sp³-hybridized carbons (Fsp3) is 0.133. The molecule has 0 aromatic heterocycles. The van der Waals surface area contributed by atoms with Crippen LogP contribution in [-0.4, -0.2) is 6.29 Å². The molecule has 0 N–H and O–H groups in total. The number of hydrogen-bond donors (Lipinski definition) is 0. The molecule has 1 nitrogen and oxygen atoms in total. The van der Waals surface area contributed by atoms with Crippen molar-refractivity contribution in [2.75, 3.05) is 0 Å². The SMILES string of the molecule is CC(Sc1cccc(C=O)c1)c1ccccc1. The first kappa shape index (κ1) is 11.9. The number of benzene rings is 2. The van der Waals surface area contributed by atoms with Crippen LogP contribution in [0.1, 0.15) is 28.1 Å². The number of rotatable bonds is 4. The lowest BCUT2D eigenvalue weighted by Crippen LogP contribution is -1.88. The minimum atomic E-state index is 0.387. The summed E-state index contributed by atoms with van der Waals surface area (Å²) in [5, 5.41) is 0.387. The smallest absolute Gasteiger partial charge is 0.150 e. The van der Waals surface area contributed by atoms with Crippen molar-refractivity contribution < 1.29 is 4.79 Å². The van der Waals surface area contributed by atoms with Gasteiger partial charge in [-0.15, -0.1) is 11.8 Å². The third kappa shape index (κ3) is 3.21. The summed E-state index contributed by atoms with van der Waals surface area (Å²) in [6, 6.07) is 18.1. The molecule has 0 heterocycles. The second kappa shape index (κ2) is 5.69. The van der Waals surface area contributed by atoms with Crippen molar-refractivity contribution in [1.29, 1.82) is 0 Å². The maximum atomic E-state index is 10.7. The zero-order chi connectivity index (χ0) is 12.1. The van der Waals surface area contributed by atoms with Gasteiger partial charge < -0.3 is 0 Å². The highest BCUT2D eigenvalue weighted by atomic mass is 32.2. The topological polar surface area (TPSA) is 17.1 Å². The largest absolute Gasteiger partial charge is 0.298 e. The molecule has 0 saturated carbocycles. The highest BCUT2D eigenvalue weighted by molar-refractivity contribution is 7.99. The molecule has 0 spiro atoms. The minimum Gasteiger partial charge on any atom is -0.298 e. The van der Waals surface area contributed by atoms with E-state index < -0.39 is 0 Å². The fourth-order valence-electron chi connectivity index (χ4n) is 1.66. The first-order valence-electron chi connectivity index (χ1n) is 5.56. The van der Waals surface area contributed by atoms with E-state index in [9.17, 15) is 4.79 Å². The van der Waals surface area contributed by atoms with Crippen LogP contribution in [0, 0.1) is 0 Å². The van der Waals surface area contributed by atoms with Gasteiger partial charge in [0.25, 0.3) is 0 Å². The van der Waals surface area contributed by atoms with Crippen molar-refractivity contribution in [3.05, 3.63) is 65.7 Å². The molecule has 0 fully saturated rings. The van der Waals surface area contributed by atoms with E-state index in [1.165, 1.54) is 5.56 Å². The third-order valence-corrected chi connectivity index (χ3v) is 3.73. The molecule has 0 amide bonds. The average molecular weight is 242 g/mol. The molecule has 17 heavy (non-hydrogen) atoms. The van der Waals surface area contributed by atoms with E-state index >= 15 is 0 Å². The van der Waals surface area contributed by atoms with Crippen LogP contribution in [0.15, 0.2) is 59.5 Å². The van der Waals surface area contributed by atoms with E-state index in [0.29, 0.717) is 5.25 Å². The van der Waals surface area contributed by atoms with E-state index in [2.05, 4.69) is 19.1 Å². The van der Waals surface area contributed by atoms with Crippen LogP contribution >= 0.6 is 11.8 Å². The Balaban J connectivity index is 2.13. The molecule has 86 valence electrons. The molecule has 0 saturated heterocycles. The van der Waals surface area contributed by atoms with Crippen molar-refractivity contribution in [2.45, 2.75) is 17.1 Å². The summed E-state index contributed by atoms with van der Waals surface area (Å²) in [4.78, 5) is 11.8. The van der Waals surface area contributed by atoms with Crippen LogP contribution in [0.5, 0.6) is 0 Å². The predicted octanol–water partition coefficient (Wildman–Crippen LogP) is 4.35. The van der Waals surface area contributed by atoms with Crippen LogP contribution in [0.4, 0.5) is 0 Å². The molecule has 2 rings (SSSR count). The molecule has 0 radical (unpaired) electrons. The molecule has 2 aromatic carbocycles. The van der Waals surface area contributed by atoms with Crippen LogP contribution < -0.4 is 0 Å². The van der Waals surface area contributed by atoms with E-state index in [4.69, 9.17) is 0 Å². The van der Waals surface area contributed by atoms with Crippen molar-refractivity contribution >= 4 is 18.0 Å². The Labute approximate surface area is 106 Å². The molecule has 2 aromatic rings. The summed E-state index contributed by atoms with van der Waals surface area (Å²) in [7, 11) is 0. The normalized spacial score (nSPS) is 12.1. The number of carbonyl (C=O) groups is 1. The van der Waals surface area contributed by atoms with Crippen LogP contribution in [0.2, 0.25) is 0 Å². The maximum absolute atomic E-state index is 10.7. The molecule has 0 bridgehead atoms. The van der Waals surface area contributed by atoms with Gasteiger partial charge in [-0.25, -0.2) is 0 Å². The summed E-state index contributed by atoms with van der Waals surface area (Å²) in [5.41, 5.74) is 2.03. The molecule has 1 unspecified atom stereocenters. The molecular formula is C15H14OS. The standard InChI is InChI=1S/C15H14OS/c1-12(14-7-3-2-4-8-14)17-15-9-5-6-13(10-15)11-16/h2-12H,1H3. The van der Waals surface area contributed by atoms with Crippen molar-refractivity contribution in [3.8, 4) is 0 Å². The Kier molecular flexibility index (Phi) is 3.99. The summed E-state index contributed by atoms with van der Waals surface area (Å²) in [5.74, 6) is 0. The Bertz CT molecular complexity index is 493. The van der Waals surface area contributed by atoms with E-state index in [1.807, 2.05) is 42.5 Å². The van der Waals surface area contributed by atoms with Gasteiger partial charge in [-0.05, 0) is 24.6 Å². The second-order valence-corrected chi connectivity index (χ2v) is 5.28. The number of aldehydes is 1. The molecule has 0 aliphatic rings. The van der Waals surface area contributed by atoms with Crippen LogP contribution in [-0.2, 0) is 0 Å². The predicted molar refractivity (Wildman–Crippen MR) is 72.5 cm³/mol. The number of hydrogen-bond acceptors (Lipinski definition) is 2. The second-order valence-electron chi connectivity index (χ2n) is 3.86. The Morgan fingerprint density at radius 2 is 1.82 bits per heavy atom. The molecule has 2 heteroatoms. The van der Waals surface area contributed by atoms with Gasteiger partial charge in [-0.1, -0.05) is 42.5 Å². The van der Waals surface area contributed by atoms with Gasteiger partial charge in [0, 0.05) is 15.7 Å².